The Hall–Kier alpha value is -0.970. The third-order valence-electron chi connectivity index (χ3n) is 3.87. The number of rotatable bonds is 7. The van der Waals surface area contributed by atoms with Crippen molar-refractivity contribution in [1.29, 1.82) is 0 Å². The van der Waals surface area contributed by atoms with Gasteiger partial charge in [-0.1, -0.05) is 0 Å². The topological polar surface area (TPSA) is 37.4 Å². The van der Waals surface area contributed by atoms with Crippen LogP contribution in [-0.4, -0.2) is 56.8 Å². The second-order valence-electron chi connectivity index (χ2n) is 5.68. The molecular formula is C15H25N3O. The largest absolute Gasteiger partial charge is 0.381 e. The lowest BCUT2D eigenvalue weighted by molar-refractivity contribution is 0.121. The molecule has 1 aromatic heterocycles. The molecule has 0 spiro atoms. The molecule has 1 fully saturated rings. The third kappa shape index (κ3) is 4.27. The van der Waals surface area contributed by atoms with Crippen LogP contribution in [0.15, 0.2) is 24.5 Å². The van der Waals surface area contributed by atoms with Crippen molar-refractivity contribution >= 4 is 0 Å². The average Bonchev–Trinajstić information content (AvgIpc) is 2.86. The highest BCUT2D eigenvalue weighted by Crippen LogP contribution is 2.28. The fourth-order valence-corrected chi connectivity index (χ4v) is 2.87. The van der Waals surface area contributed by atoms with Gasteiger partial charge in [-0.2, -0.15) is 0 Å². The second kappa shape index (κ2) is 6.98. The van der Waals surface area contributed by atoms with E-state index in [4.69, 9.17) is 4.74 Å². The van der Waals surface area contributed by atoms with E-state index in [1.54, 1.807) is 0 Å². The lowest BCUT2D eigenvalue weighted by atomic mass is 9.86. The lowest BCUT2D eigenvalue weighted by Crippen LogP contribution is -2.43. The molecule has 1 aliphatic heterocycles. The van der Waals surface area contributed by atoms with Gasteiger partial charge >= 0.3 is 0 Å². The number of aromatic nitrogens is 1. The number of hydrogen-bond donors (Lipinski definition) is 1. The van der Waals surface area contributed by atoms with Gasteiger partial charge in [0.05, 0.1) is 6.61 Å². The maximum Gasteiger partial charge on any atom is 0.0547 e. The first-order valence-corrected chi connectivity index (χ1v) is 7.04. The van der Waals surface area contributed by atoms with E-state index in [0.29, 0.717) is 5.41 Å². The summed E-state index contributed by atoms with van der Waals surface area (Å²) in [6.45, 7) is 4.99. The molecule has 1 unspecified atom stereocenters. The van der Waals surface area contributed by atoms with Gasteiger partial charge in [0.15, 0.2) is 0 Å². The molecule has 0 radical (unpaired) electrons. The Labute approximate surface area is 116 Å². The molecule has 0 aromatic carbocycles. The Morgan fingerprint density at radius 3 is 2.84 bits per heavy atom. The zero-order valence-corrected chi connectivity index (χ0v) is 12.1. The molecule has 0 amide bonds. The van der Waals surface area contributed by atoms with Crippen LogP contribution >= 0.6 is 0 Å². The average molecular weight is 263 g/mol. The normalized spacial score (nSPS) is 23.1. The van der Waals surface area contributed by atoms with Gasteiger partial charge < -0.3 is 15.0 Å². The van der Waals surface area contributed by atoms with E-state index in [2.05, 4.69) is 34.4 Å². The van der Waals surface area contributed by atoms with E-state index in [-0.39, 0.29) is 0 Å². The summed E-state index contributed by atoms with van der Waals surface area (Å²) in [5.41, 5.74) is 1.65. The van der Waals surface area contributed by atoms with Crippen molar-refractivity contribution in [2.75, 3.05) is 46.9 Å². The van der Waals surface area contributed by atoms with Gasteiger partial charge in [0.25, 0.3) is 0 Å². The fourth-order valence-electron chi connectivity index (χ4n) is 2.87. The number of likely N-dealkylation sites (N-methyl/N-ethyl adjacent to an activating group) is 1. The van der Waals surface area contributed by atoms with E-state index in [1.165, 1.54) is 5.56 Å². The zero-order chi connectivity index (χ0) is 13.6. The molecule has 4 nitrogen and oxygen atoms in total. The van der Waals surface area contributed by atoms with E-state index >= 15 is 0 Å². The Morgan fingerprint density at radius 2 is 2.21 bits per heavy atom. The SMILES string of the molecule is CNCC1(CN(C)CCc2ccncc2)CCOC1. The molecule has 106 valence electrons. The Morgan fingerprint density at radius 1 is 1.42 bits per heavy atom. The fraction of sp³-hybridized carbons (Fsp3) is 0.667. The van der Waals surface area contributed by atoms with Crippen LogP contribution in [0.3, 0.4) is 0 Å². The summed E-state index contributed by atoms with van der Waals surface area (Å²) in [6.07, 6.45) is 5.97. The maximum absolute atomic E-state index is 5.60. The molecule has 1 N–H and O–H groups in total. The van der Waals surface area contributed by atoms with Gasteiger partial charge in [-0.05, 0) is 44.6 Å². The minimum Gasteiger partial charge on any atom is -0.381 e. The molecule has 0 bridgehead atoms. The lowest BCUT2D eigenvalue weighted by Gasteiger charge is -2.32. The van der Waals surface area contributed by atoms with Crippen LogP contribution in [0.4, 0.5) is 0 Å². The van der Waals surface area contributed by atoms with Crippen molar-refractivity contribution in [2.24, 2.45) is 5.41 Å². The first-order valence-electron chi connectivity index (χ1n) is 7.04. The third-order valence-corrected chi connectivity index (χ3v) is 3.87. The van der Waals surface area contributed by atoms with Crippen LogP contribution in [0.2, 0.25) is 0 Å². The molecule has 0 saturated carbocycles. The van der Waals surface area contributed by atoms with Gasteiger partial charge in [-0.3, -0.25) is 4.98 Å². The minimum atomic E-state index is 0.293. The van der Waals surface area contributed by atoms with Crippen molar-refractivity contribution in [1.82, 2.24) is 15.2 Å². The summed E-state index contributed by atoms with van der Waals surface area (Å²) in [7, 11) is 4.23. The predicted molar refractivity (Wildman–Crippen MR) is 77.2 cm³/mol. The highest BCUT2D eigenvalue weighted by molar-refractivity contribution is 5.09. The summed E-state index contributed by atoms with van der Waals surface area (Å²) in [5.74, 6) is 0. The van der Waals surface area contributed by atoms with E-state index in [9.17, 15) is 0 Å². The second-order valence-corrected chi connectivity index (χ2v) is 5.68. The number of nitrogens with zero attached hydrogens (tertiary/aromatic N) is 2. The Balaban J connectivity index is 1.81. The molecule has 19 heavy (non-hydrogen) atoms. The maximum atomic E-state index is 5.60. The van der Waals surface area contributed by atoms with Crippen molar-refractivity contribution in [3.8, 4) is 0 Å². The van der Waals surface area contributed by atoms with E-state index in [1.807, 2.05) is 19.4 Å². The molecule has 4 heteroatoms. The minimum absolute atomic E-state index is 0.293. The summed E-state index contributed by atoms with van der Waals surface area (Å²) in [6, 6.07) is 4.19. The quantitative estimate of drug-likeness (QED) is 0.801. The molecule has 1 saturated heterocycles. The van der Waals surface area contributed by atoms with Crippen LogP contribution in [0.1, 0.15) is 12.0 Å². The molecular weight excluding hydrogens is 238 g/mol. The molecule has 2 rings (SSSR count). The van der Waals surface area contributed by atoms with Crippen LogP contribution in [0.5, 0.6) is 0 Å². The number of ether oxygens (including phenoxy) is 1. The summed E-state index contributed by atoms with van der Waals surface area (Å²) >= 11 is 0. The van der Waals surface area contributed by atoms with Crippen molar-refractivity contribution in [2.45, 2.75) is 12.8 Å². The molecule has 2 heterocycles. The smallest absolute Gasteiger partial charge is 0.0547 e. The molecule has 1 aromatic rings. The van der Waals surface area contributed by atoms with Crippen molar-refractivity contribution in [3.05, 3.63) is 30.1 Å². The van der Waals surface area contributed by atoms with Gasteiger partial charge in [0.1, 0.15) is 0 Å². The molecule has 1 atom stereocenters. The number of nitrogens with one attached hydrogen (secondary N) is 1. The summed E-state index contributed by atoms with van der Waals surface area (Å²) in [5, 5.41) is 3.31. The summed E-state index contributed by atoms with van der Waals surface area (Å²) < 4.78 is 5.60. The van der Waals surface area contributed by atoms with Crippen LogP contribution in [-0.2, 0) is 11.2 Å². The van der Waals surface area contributed by atoms with Gasteiger partial charge in [-0.25, -0.2) is 0 Å². The number of hydrogen-bond acceptors (Lipinski definition) is 4. The zero-order valence-electron chi connectivity index (χ0n) is 12.1. The van der Waals surface area contributed by atoms with E-state index in [0.717, 1.165) is 45.7 Å². The van der Waals surface area contributed by atoms with E-state index < -0.39 is 0 Å². The first kappa shape index (κ1) is 14.4. The van der Waals surface area contributed by atoms with Crippen molar-refractivity contribution < 1.29 is 4.74 Å². The van der Waals surface area contributed by atoms with Crippen LogP contribution in [0.25, 0.3) is 0 Å². The van der Waals surface area contributed by atoms with Crippen LogP contribution < -0.4 is 5.32 Å². The predicted octanol–water partition coefficient (Wildman–Crippen LogP) is 1.18. The standard InChI is InChI=1S/C15H25N3O/c1-16-11-15(6-10-19-13-15)12-18(2)9-5-14-3-7-17-8-4-14/h3-4,7-8,16H,5-6,9-13H2,1-2H3. The van der Waals surface area contributed by atoms with Crippen LogP contribution in [0, 0.1) is 5.41 Å². The highest BCUT2D eigenvalue weighted by atomic mass is 16.5. The first-order chi connectivity index (χ1) is 9.24. The summed E-state index contributed by atoms with van der Waals surface area (Å²) in [4.78, 5) is 6.48. The van der Waals surface area contributed by atoms with Crippen molar-refractivity contribution in [3.63, 3.8) is 0 Å². The van der Waals surface area contributed by atoms with Gasteiger partial charge in [0.2, 0.25) is 0 Å². The highest BCUT2D eigenvalue weighted by Gasteiger charge is 2.35. The Bertz CT molecular complexity index is 363. The Kier molecular flexibility index (Phi) is 5.31. The van der Waals surface area contributed by atoms with Gasteiger partial charge in [-0.15, -0.1) is 0 Å². The molecule has 1 aliphatic rings. The monoisotopic (exact) mass is 263 g/mol. The number of pyridine rings is 1. The van der Waals surface area contributed by atoms with Gasteiger partial charge in [0, 0.05) is 44.0 Å². The molecule has 0 aliphatic carbocycles.